The summed E-state index contributed by atoms with van der Waals surface area (Å²) in [6, 6.07) is 1.58. The van der Waals surface area contributed by atoms with Gasteiger partial charge in [0.25, 0.3) is 0 Å². The molecule has 100 valence electrons. The van der Waals surface area contributed by atoms with Gasteiger partial charge in [0.05, 0.1) is 21.3 Å². The quantitative estimate of drug-likeness (QED) is 0.591. The van der Waals surface area contributed by atoms with Crippen LogP contribution in [0.25, 0.3) is 0 Å². The Morgan fingerprint density at radius 1 is 1.06 bits per heavy atom. The molecule has 1 aromatic carbocycles. The highest BCUT2D eigenvalue weighted by Crippen LogP contribution is 2.46. The first-order chi connectivity index (χ1) is 8.58. The van der Waals surface area contributed by atoms with Crippen molar-refractivity contribution in [2.75, 3.05) is 21.3 Å². The van der Waals surface area contributed by atoms with Gasteiger partial charge in [-0.3, -0.25) is 0 Å². The second kappa shape index (κ2) is 6.34. The smallest absolute Gasteiger partial charge is 0.509 e. The number of benzene rings is 1. The second-order valence-corrected chi connectivity index (χ2v) is 3.28. The van der Waals surface area contributed by atoms with Crippen LogP contribution in [0, 0.1) is 0 Å². The molecular weight excluding hydrogens is 241 g/mol. The molecule has 0 saturated carbocycles. The van der Waals surface area contributed by atoms with E-state index >= 15 is 0 Å². The van der Waals surface area contributed by atoms with E-state index in [9.17, 15) is 0 Å². The van der Waals surface area contributed by atoms with Gasteiger partial charge in [0.15, 0.2) is 11.5 Å². The lowest BCUT2D eigenvalue weighted by Crippen LogP contribution is -2.22. The van der Waals surface area contributed by atoms with Gasteiger partial charge in [0, 0.05) is 12.1 Å². The van der Waals surface area contributed by atoms with Gasteiger partial charge in [-0.1, -0.05) is 0 Å². The van der Waals surface area contributed by atoms with Crippen molar-refractivity contribution >= 4 is 7.32 Å². The predicted molar refractivity (Wildman–Crippen MR) is 64.8 cm³/mol. The van der Waals surface area contributed by atoms with Gasteiger partial charge in [0.2, 0.25) is 11.5 Å². The standard InChI is InChI=1S/C10H16BNO6/c1-15-7-4-6(5-12)8(18-11(13)14)10(17-3)9(7)16-2/h4,13-14H,5,12H2,1-3H3. The molecule has 0 aromatic heterocycles. The summed E-state index contributed by atoms with van der Waals surface area (Å²) in [6.07, 6.45) is 0. The molecule has 8 heteroatoms. The molecule has 0 amide bonds. The van der Waals surface area contributed by atoms with Crippen molar-refractivity contribution in [3.8, 4) is 23.0 Å². The first-order valence-electron chi connectivity index (χ1n) is 5.13. The zero-order chi connectivity index (χ0) is 13.7. The van der Waals surface area contributed by atoms with Crippen LogP contribution in [0.2, 0.25) is 0 Å². The van der Waals surface area contributed by atoms with E-state index in [1.54, 1.807) is 6.07 Å². The van der Waals surface area contributed by atoms with E-state index in [1.807, 2.05) is 0 Å². The van der Waals surface area contributed by atoms with Crippen molar-refractivity contribution in [1.82, 2.24) is 0 Å². The summed E-state index contributed by atoms with van der Waals surface area (Å²) in [6.45, 7) is 0.110. The molecule has 0 aliphatic heterocycles. The first-order valence-corrected chi connectivity index (χ1v) is 5.13. The Kier molecular flexibility index (Phi) is 5.08. The third-order valence-corrected chi connectivity index (χ3v) is 2.30. The van der Waals surface area contributed by atoms with E-state index < -0.39 is 7.32 Å². The minimum Gasteiger partial charge on any atom is -0.509 e. The maximum absolute atomic E-state index is 8.90. The summed E-state index contributed by atoms with van der Waals surface area (Å²) in [7, 11) is 2.32. The molecule has 0 unspecified atom stereocenters. The molecule has 0 bridgehead atoms. The van der Waals surface area contributed by atoms with Crippen LogP contribution in [0.15, 0.2) is 6.07 Å². The van der Waals surface area contributed by atoms with E-state index in [4.69, 9.17) is 34.6 Å². The lowest BCUT2D eigenvalue weighted by atomic mass is 10.1. The monoisotopic (exact) mass is 257 g/mol. The molecule has 0 saturated heterocycles. The molecule has 0 spiro atoms. The van der Waals surface area contributed by atoms with Crippen molar-refractivity contribution < 1.29 is 28.9 Å². The van der Waals surface area contributed by atoms with Crippen LogP contribution < -0.4 is 24.6 Å². The molecular formula is C10H16BNO6. The van der Waals surface area contributed by atoms with Crippen LogP contribution in [0.4, 0.5) is 0 Å². The van der Waals surface area contributed by atoms with Crippen LogP contribution in [0.3, 0.4) is 0 Å². The Morgan fingerprint density at radius 2 is 1.67 bits per heavy atom. The SMILES string of the molecule is COc1cc(CN)c(OB(O)O)c(OC)c1OC. The number of hydrogen-bond acceptors (Lipinski definition) is 7. The summed E-state index contributed by atoms with van der Waals surface area (Å²) in [4.78, 5) is 0. The molecule has 7 nitrogen and oxygen atoms in total. The Morgan fingerprint density at radius 3 is 2.06 bits per heavy atom. The summed E-state index contributed by atoms with van der Waals surface area (Å²) in [5.74, 6) is 0.987. The van der Waals surface area contributed by atoms with Crippen molar-refractivity contribution in [1.29, 1.82) is 0 Å². The van der Waals surface area contributed by atoms with Gasteiger partial charge in [-0.15, -0.1) is 0 Å². The zero-order valence-electron chi connectivity index (χ0n) is 10.5. The number of nitrogens with two attached hydrogens (primary N) is 1. The average Bonchev–Trinajstić information content (AvgIpc) is 2.36. The highest BCUT2D eigenvalue weighted by atomic mass is 16.6. The Labute approximate surface area is 105 Å². The Bertz CT molecular complexity index is 412. The predicted octanol–water partition coefficient (Wildman–Crippen LogP) is -0.481. The topological polar surface area (TPSA) is 103 Å². The fourth-order valence-electron chi connectivity index (χ4n) is 1.57. The van der Waals surface area contributed by atoms with Gasteiger partial charge < -0.3 is 34.6 Å². The van der Waals surface area contributed by atoms with Crippen LogP contribution in [0.5, 0.6) is 23.0 Å². The number of ether oxygens (including phenoxy) is 3. The molecule has 0 atom stereocenters. The summed E-state index contributed by atoms with van der Waals surface area (Å²) in [5, 5.41) is 17.8. The van der Waals surface area contributed by atoms with Crippen molar-refractivity contribution in [2.24, 2.45) is 5.73 Å². The lowest BCUT2D eigenvalue weighted by Gasteiger charge is -2.19. The lowest BCUT2D eigenvalue weighted by molar-refractivity contribution is 0.270. The van der Waals surface area contributed by atoms with E-state index in [0.717, 1.165) is 0 Å². The second-order valence-electron chi connectivity index (χ2n) is 3.28. The van der Waals surface area contributed by atoms with Crippen molar-refractivity contribution in [3.63, 3.8) is 0 Å². The van der Waals surface area contributed by atoms with E-state index in [2.05, 4.69) is 0 Å². The zero-order valence-corrected chi connectivity index (χ0v) is 10.5. The van der Waals surface area contributed by atoms with Gasteiger partial charge >= 0.3 is 7.32 Å². The highest BCUT2D eigenvalue weighted by Gasteiger charge is 2.24. The first kappa shape index (κ1) is 14.4. The highest BCUT2D eigenvalue weighted by molar-refractivity contribution is 6.34. The molecule has 1 aromatic rings. The van der Waals surface area contributed by atoms with Crippen LogP contribution in [-0.2, 0) is 6.54 Å². The maximum atomic E-state index is 8.90. The normalized spacial score (nSPS) is 9.89. The fourth-order valence-corrected chi connectivity index (χ4v) is 1.57. The fraction of sp³-hybridized carbons (Fsp3) is 0.400. The Hall–Kier alpha value is -1.64. The van der Waals surface area contributed by atoms with Gasteiger partial charge in [-0.05, 0) is 6.07 Å². The molecule has 4 N–H and O–H groups in total. The van der Waals surface area contributed by atoms with Crippen LogP contribution in [0.1, 0.15) is 5.56 Å². The molecule has 0 fully saturated rings. The average molecular weight is 257 g/mol. The number of methoxy groups -OCH3 is 3. The number of hydrogen-bond donors (Lipinski definition) is 3. The van der Waals surface area contributed by atoms with Gasteiger partial charge in [-0.25, -0.2) is 0 Å². The summed E-state index contributed by atoms with van der Waals surface area (Å²) in [5.41, 5.74) is 6.07. The van der Waals surface area contributed by atoms with E-state index in [1.165, 1.54) is 21.3 Å². The van der Waals surface area contributed by atoms with Gasteiger partial charge in [0.1, 0.15) is 0 Å². The third kappa shape index (κ3) is 2.78. The van der Waals surface area contributed by atoms with E-state index in [0.29, 0.717) is 11.3 Å². The largest absolute Gasteiger partial charge is 0.707 e. The summed E-state index contributed by atoms with van der Waals surface area (Å²) < 4.78 is 20.3. The van der Waals surface area contributed by atoms with E-state index in [-0.39, 0.29) is 23.8 Å². The van der Waals surface area contributed by atoms with Crippen molar-refractivity contribution in [2.45, 2.75) is 6.54 Å². The molecule has 1 rings (SSSR count). The maximum Gasteiger partial charge on any atom is 0.707 e. The Balaban J connectivity index is 3.44. The van der Waals surface area contributed by atoms with Crippen LogP contribution >= 0.6 is 0 Å². The third-order valence-electron chi connectivity index (χ3n) is 2.30. The number of rotatable bonds is 6. The van der Waals surface area contributed by atoms with Crippen LogP contribution in [-0.4, -0.2) is 38.7 Å². The molecule has 0 aliphatic carbocycles. The summed E-state index contributed by atoms with van der Waals surface area (Å²) >= 11 is 0. The molecule has 0 radical (unpaired) electrons. The molecule has 0 heterocycles. The molecule has 18 heavy (non-hydrogen) atoms. The van der Waals surface area contributed by atoms with Crippen molar-refractivity contribution in [3.05, 3.63) is 11.6 Å². The minimum atomic E-state index is -1.98. The minimum absolute atomic E-state index is 0.104. The molecule has 0 aliphatic rings. The van der Waals surface area contributed by atoms with Gasteiger partial charge in [-0.2, -0.15) is 0 Å².